The zero-order valence-electron chi connectivity index (χ0n) is 11.7. The molecule has 0 bridgehead atoms. The summed E-state index contributed by atoms with van der Waals surface area (Å²) in [5, 5.41) is 0. The normalized spacial score (nSPS) is 11.9. The van der Waals surface area contributed by atoms with Gasteiger partial charge in [-0.1, -0.05) is 58.9 Å². The number of benzene rings is 1. The molecular formula is C16H24O. The molecule has 0 saturated carbocycles. The zero-order valence-corrected chi connectivity index (χ0v) is 11.7. The van der Waals surface area contributed by atoms with Crippen molar-refractivity contribution in [1.82, 2.24) is 0 Å². The summed E-state index contributed by atoms with van der Waals surface area (Å²) in [6.07, 6.45) is 1.85. The molecule has 1 nitrogen and oxygen atoms in total. The quantitative estimate of drug-likeness (QED) is 0.693. The minimum atomic E-state index is 0.0261. The van der Waals surface area contributed by atoms with E-state index < -0.39 is 0 Å². The van der Waals surface area contributed by atoms with E-state index in [-0.39, 0.29) is 11.3 Å². The van der Waals surface area contributed by atoms with E-state index in [4.69, 9.17) is 0 Å². The molecule has 0 aliphatic heterocycles. The van der Waals surface area contributed by atoms with Crippen molar-refractivity contribution in [2.24, 2.45) is 5.92 Å². The second-order valence-corrected chi connectivity index (χ2v) is 5.67. The van der Waals surface area contributed by atoms with Gasteiger partial charge in [-0.2, -0.15) is 0 Å². The Hall–Kier alpha value is -1.11. The van der Waals surface area contributed by atoms with Crippen LogP contribution in [0.5, 0.6) is 0 Å². The average molecular weight is 232 g/mol. The molecule has 1 rings (SSSR count). The van der Waals surface area contributed by atoms with E-state index in [1.54, 1.807) is 0 Å². The Bertz CT molecular complexity index is 381. The molecule has 0 aliphatic carbocycles. The monoisotopic (exact) mass is 232 g/mol. The molecule has 0 atom stereocenters. The molecule has 0 radical (unpaired) electrons. The van der Waals surface area contributed by atoms with E-state index in [9.17, 15) is 4.79 Å². The molecule has 0 saturated heterocycles. The van der Waals surface area contributed by atoms with Gasteiger partial charge in [0.1, 0.15) is 0 Å². The average Bonchev–Trinajstić information content (AvgIpc) is 2.29. The Balaban J connectivity index is 3.18. The van der Waals surface area contributed by atoms with E-state index in [0.717, 1.165) is 24.0 Å². The van der Waals surface area contributed by atoms with Gasteiger partial charge >= 0.3 is 0 Å². The summed E-state index contributed by atoms with van der Waals surface area (Å²) >= 11 is 0. The van der Waals surface area contributed by atoms with Gasteiger partial charge in [-0.15, -0.1) is 0 Å². The molecule has 0 unspecified atom stereocenters. The predicted octanol–water partition coefficient (Wildman–Crippen LogP) is 4.60. The first-order valence-electron chi connectivity index (χ1n) is 6.55. The van der Waals surface area contributed by atoms with Crippen LogP contribution in [0.2, 0.25) is 0 Å². The van der Waals surface area contributed by atoms with Gasteiger partial charge in [0, 0.05) is 11.5 Å². The SMILES string of the molecule is CCC(CC)C(=O)c1ccccc1C(C)(C)C. The van der Waals surface area contributed by atoms with Crippen LogP contribution in [0.4, 0.5) is 0 Å². The Morgan fingerprint density at radius 2 is 1.65 bits per heavy atom. The molecule has 94 valence electrons. The molecule has 0 spiro atoms. The van der Waals surface area contributed by atoms with Crippen molar-refractivity contribution in [1.29, 1.82) is 0 Å². The fourth-order valence-corrected chi connectivity index (χ4v) is 2.23. The summed E-state index contributed by atoms with van der Waals surface area (Å²) in [5.74, 6) is 0.471. The second-order valence-electron chi connectivity index (χ2n) is 5.67. The minimum absolute atomic E-state index is 0.0261. The molecule has 1 aromatic rings. The van der Waals surface area contributed by atoms with Crippen molar-refractivity contribution >= 4 is 5.78 Å². The van der Waals surface area contributed by atoms with Gasteiger partial charge in [0.25, 0.3) is 0 Å². The van der Waals surface area contributed by atoms with Crippen molar-refractivity contribution in [3.05, 3.63) is 35.4 Å². The van der Waals surface area contributed by atoms with Gasteiger partial charge in [-0.05, 0) is 23.8 Å². The van der Waals surface area contributed by atoms with Gasteiger partial charge in [-0.3, -0.25) is 4.79 Å². The predicted molar refractivity (Wildman–Crippen MR) is 73.5 cm³/mol. The maximum absolute atomic E-state index is 12.5. The lowest BCUT2D eigenvalue weighted by Gasteiger charge is -2.23. The number of hydrogen-bond donors (Lipinski definition) is 0. The fourth-order valence-electron chi connectivity index (χ4n) is 2.23. The molecule has 0 aromatic heterocycles. The van der Waals surface area contributed by atoms with Crippen LogP contribution in [-0.2, 0) is 5.41 Å². The van der Waals surface area contributed by atoms with Gasteiger partial charge in [0.2, 0.25) is 0 Å². The van der Waals surface area contributed by atoms with Crippen LogP contribution in [0.15, 0.2) is 24.3 Å². The fraction of sp³-hybridized carbons (Fsp3) is 0.562. The highest BCUT2D eigenvalue weighted by molar-refractivity contribution is 5.99. The molecule has 1 heteroatoms. The second kappa shape index (κ2) is 5.48. The number of carbonyl (C=O) groups is 1. The highest BCUT2D eigenvalue weighted by Gasteiger charge is 2.24. The molecule has 1 aromatic carbocycles. The highest BCUT2D eigenvalue weighted by atomic mass is 16.1. The van der Waals surface area contributed by atoms with Crippen LogP contribution >= 0.6 is 0 Å². The third-order valence-corrected chi connectivity index (χ3v) is 3.36. The van der Waals surface area contributed by atoms with Crippen molar-refractivity contribution in [2.75, 3.05) is 0 Å². The molecule has 0 amide bonds. The molecule has 17 heavy (non-hydrogen) atoms. The van der Waals surface area contributed by atoms with E-state index >= 15 is 0 Å². The first-order valence-corrected chi connectivity index (χ1v) is 6.55. The van der Waals surface area contributed by atoms with E-state index in [1.165, 1.54) is 0 Å². The molecular weight excluding hydrogens is 208 g/mol. The van der Waals surface area contributed by atoms with Crippen LogP contribution in [0.3, 0.4) is 0 Å². The van der Waals surface area contributed by atoms with Crippen LogP contribution in [0.1, 0.15) is 63.4 Å². The van der Waals surface area contributed by atoms with E-state index in [1.807, 2.05) is 18.2 Å². The lowest BCUT2D eigenvalue weighted by atomic mass is 9.80. The van der Waals surface area contributed by atoms with Gasteiger partial charge < -0.3 is 0 Å². The van der Waals surface area contributed by atoms with Crippen molar-refractivity contribution in [2.45, 2.75) is 52.9 Å². The summed E-state index contributed by atoms with van der Waals surface area (Å²) in [5.41, 5.74) is 2.10. The van der Waals surface area contributed by atoms with E-state index in [2.05, 4.69) is 40.7 Å². The Kier molecular flexibility index (Phi) is 4.50. The zero-order chi connectivity index (χ0) is 13.1. The number of hydrogen-bond acceptors (Lipinski definition) is 1. The maximum Gasteiger partial charge on any atom is 0.166 e. The van der Waals surface area contributed by atoms with Crippen molar-refractivity contribution in [3.63, 3.8) is 0 Å². The molecule has 0 N–H and O–H groups in total. The maximum atomic E-state index is 12.5. The van der Waals surface area contributed by atoms with Crippen LogP contribution < -0.4 is 0 Å². The summed E-state index contributed by atoms with van der Waals surface area (Å²) < 4.78 is 0. The first kappa shape index (κ1) is 14.0. The summed E-state index contributed by atoms with van der Waals surface area (Å²) in [6, 6.07) is 8.03. The van der Waals surface area contributed by atoms with Gasteiger partial charge in [-0.25, -0.2) is 0 Å². The largest absolute Gasteiger partial charge is 0.294 e. The third kappa shape index (κ3) is 3.18. The van der Waals surface area contributed by atoms with Crippen molar-refractivity contribution in [3.8, 4) is 0 Å². The van der Waals surface area contributed by atoms with Crippen LogP contribution in [0.25, 0.3) is 0 Å². The molecule has 0 aliphatic rings. The summed E-state index contributed by atoms with van der Waals surface area (Å²) in [6.45, 7) is 10.7. The smallest absolute Gasteiger partial charge is 0.166 e. The Morgan fingerprint density at radius 3 is 2.12 bits per heavy atom. The minimum Gasteiger partial charge on any atom is -0.294 e. The molecule has 0 fully saturated rings. The van der Waals surface area contributed by atoms with Gasteiger partial charge in [0.15, 0.2) is 5.78 Å². The highest BCUT2D eigenvalue weighted by Crippen LogP contribution is 2.28. The van der Waals surface area contributed by atoms with Crippen molar-refractivity contribution < 1.29 is 4.79 Å². The number of rotatable bonds is 4. The Morgan fingerprint density at radius 1 is 1.12 bits per heavy atom. The lowest BCUT2D eigenvalue weighted by Crippen LogP contribution is -2.21. The Labute approximate surface area is 105 Å². The van der Waals surface area contributed by atoms with E-state index in [0.29, 0.717) is 5.78 Å². The number of carbonyl (C=O) groups excluding carboxylic acids is 1. The first-order chi connectivity index (χ1) is 7.91. The van der Waals surface area contributed by atoms with Crippen LogP contribution in [0, 0.1) is 5.92 Å². The molecule has 0 heterocycles. The number of ketones is 1. The topological polar surface area (TPSA) is 17.1 Å². The van der Waals surface area contributed by atoms with Gasteiger partial charge in [0.05, 0.1) is 0 Å². The summed E-state index contributed by atoms with van der Waals surface area (Å²) in [7, 11) is 0. The lowest BCUT2D eigenvalue weighted by molar-refractivity contribution is 0.0911. The van der Waals surface area contributed by atoms with Crippen LogP contribution in [-0.4, -0.2) is 5.78 Å². The number of Topliss-reactive ketones (excluding diaryl/α,β-unsaturated/α-hetero) is 1. The summed E-state index contributed by atoms with van der Waals surface area (Å²) in [4.78, 5) is 12.5. The third-order valence-electron chi connectivity index (χ3n) is 3.36. The standard InChI is InChI=1S/C16H24O/c1-6-12(7-2)15(17)13-10-8-9-11-14(13)16(3,4)5/h8-12H,6-7H2,1-5H3.